The maximum absolute atomic E-state index is 13.4. The lowest BCUT2D eigenvalue weighted by molar-refractivity contribution is -0.144. The molecule has 6 aromatic rings. The van der Waals surface area contributed by atoms with Gasteiger partial charge in [0.2, 0.25) is 0 Å². The first-order valence-corrected chi connectivity index (χ1v) is 39.3. The van der Waals surface area contributed by atoms with E-state index >= 15 is 0 Å². The van der Waals surface area contributed by atoms with Crippen molar-refractivity contribution in [3.8, 4) is 17.2 Å². The fraction of sp³-hybridized carbons (Fsp3) is 0.500. The third kappa shape index (κ3) is 18.5. The smallest absolute Gasteiger partial charge is 0.333 e. The van der Waals surface area contributed by atoms with Crippen molar-refractivity contribution in [3.05, 3.63) is 161 Å². The Labute approximate surface area is 637 Å². The number of hydrogen-bond donors (Lipinski definition) is 0. The van der Waals surface area contributed by atoms with Gasteiger partial charge in [-0.1, -0.05) is 138 Å². The van der Waals surface area contributed by atoms with Gasteiger partial charge in [0.25, 0.3) is 35.4 Å². The van der Waals surface area contributed by atoms with Gasteiger partial charge in [-0.05, 0) is 206 Å². The van der Waals surface area contributed by atoms with E-state index in [0.29, 0.717) is 166 Å². The molecule has 10 unspecified atom stereocenters. The van der Waals surface area contributed by atoms with E-state index in [2.05, 4.69) is 82.1 Å². The molecule has 0 N–H and O–H groups in total. The standard InChI is InChI=1S/C31H39NO5.C30H37NO5.C29H35NO5/c1-19(2)22-13-12-21(5)18-27(22)37-26-15-14-25-28-23(26)10-9-11-24(28)29(33)32(30(25)34)16-7-6-8-17-36-31(35)20(3)4;1-5-27(32)35-17-8-6-7-16-31-29(33)23-11-9-10-22-25(15-14-24(28(22)23)30(31)34)36-26-18-20(4)12-13-21(26)19(2)3;1-16(2)20-11-10-18(5)14-25(20)35-24-13-12-23-26-21(24)8-7-9-22(26)27(31)30(28(23)32)15-19(6)34-29(33)17(3)4/h9-11,14-15,19,21-22,27H,3,6-8,12-13,16-18H2,1-2,4-5H3;5,9-11,14-15,19-21,26H,1,6-8,12-13,16-18H2,2-4H3;7-9,12-13,16,18-20,25H,3,10-11,14-15H2,1-2,4-6H3. The largest absolute Gasteiger partial charge is 0.489 e. The Bertz CT molecular complexity index is 4350. The summed E-state index contributed by atoms with van der Waals surface area (Å²) in [6, 6.07) is 27.8. The Kier molecular flexibility index (Phi) is 27.2. The maximum atomic E-state index is 13.4. The molecule has 3 saturated carbocycles. The second-order valence-corrected chi connectivity index (χ2v) is 32.1. The van der Waals surface area contributed by atoms with Crippen LogP contribution in [0.1, 0.15) is 242 Å². The second-order valence-electron chi connectivity index (χ2n) is 32.1. The zero-order chi connectivity index (χ0) is 77.9. The number of benzene rings is 6. The molecule has 12 rings (SSSR count). The van der Waals surface area contributed by atoms with Crippen molar-refractivity contribution in [3.63, 3.8) is 0 Å². The van der Waals surface area contributed by atoms with Crippen LogP contribution in [0.15, 0.2) is 128 Å². The summed E-state index contributed by atoms with van der Waals surface area (Å²) < 4.78 is 35.3. The Morgan fingerprint density at radius 3 is 1.07 bits per heavy atom. The number of hydrogen-bond acceptors (Lipinski definition) is 15. The zero-order valence-electron chi connectivity index (χ0n) is 65.5. The predicted molar refractivity (Wildman–Crippen MR) is 420 cm³/mol. The molecule has 18 nitrogen and oxygen atoms in total. The molecule has 0 aromatic heterocycles. The van der Waals surface area contributed by atoms with E-state index in [0.717, 1.165) is 90.0 Å². The SMILES string of the molecule is C=C(C)C(=O)OC(C)CN1C(=O)c2cccc3c(OC4CC(C)CCC4C(C)C)ccc(c23)C1=O.C=C(C)C(=O)OCCCCCN1C(=O)c2cccc3c(OC4CC(C)CCC4C(C)C)ccc(c23)C1=O.C=CC(=O)OCCCCCN1C(=O)c2cccc3c(OC4CC(C)CCC4C(C)C)ccc(c23)C1=O. The van der Waals surface area contributed by atoms with Gasteiger partial charge in [0, 0.05) is 96.0 Å². The van der Waals surface area contributed by atoms with Crippen LogP contribution in [0, 0.1) is 53.3 Å². The van der Waals surface area contributed by atoms with Crippen molar-refractivity contribution in [2.24, 2.45) is 53.3 Å². The number of amides is 6. The number of rotatable bonds is 27. The number of unbranched alkanes of at least 4 members (excludes halogenated alkanes) is 4. The van der Waals surface area contributed by atoms with Gasteiger partial charge in [0.1, 0.15) is 41.7 Å². The van der Waals surface area contributed by atoms with Crippen LogP contribution in [0.4, 0.5) is 0 Å². The van der Waals surface area contributed by atoms with Crippen LogP contribution in [-0.2, 0) is 28.6 Å². The van der Waals surface area contributed by atoms with Crippen LogP contribution in [0.3, 0.4) is 0 Å². The van der Waals surface area contributed by atoms with E-state index in [9.17, 15) is 43.2 Å². The third-order valence-electron chi connectivity index (χ3n) is 22.7. The van der Waals surface area contributed by atoms with E-state index in [-0.39, 0.29) is 54.1 Å². The maximum Gasteiger partial charge on any atom is 0.333 e. The molecule has 0 radical (unpaired) electrons. The monoisotopic (exact) mass is 1470 g/mol. The lowest BCUT2D eigenvalue weighted by Crippen LogP contribution is -2.44. The molecule has 6 aromatic carbocycles. The summed E-state index contributed by atoms with van der Waals surface area (Å²) in [6.45, 7) is 36.9. The molecule has 0 saturated heterocycles. The zero-order valence-corrected chi connectivity index (χ0v) is 65.5. The number of esters is 3. The summed E-state index contributed by atoms with van der Waals surface area (Å²) in [7, 11) is 0. The van der Waals surface area contributed by atoms with Crippen molar-refractivity contribution in [1.29, 1.82) is 0 Å². The van der Waals surface area contributed by atoms with Crippen LogP contribution < -0.4 is 14.2 Å². The molecule has 108 heavy (non-hydrogen) atoms. The fourth-order valence-corrected chi connectivity index (χ4v) is 16.7. The van der Waals surface area contributed by atoms with E-state index in [1.165, 1.54) is 29.1 Å². The average molecular weight is 1470 g/mol. The molecule has 3 aliphatic heterocycles. The highest BCUT2D eigenvalue weighted by Gasteiger charge is 2.41. The van der Waals surface area contributed by atoms with E-state index in [1.54, 1.807) is 45.0 Å². The average Bonchev–Trinajstić information content (AvgIpc) is 0.751. The van der Waals surface area contributed by atoms with E-state index in [4.69, 9.17) is 28.4 Å². The van der Waals surface area contributed by atoms with Crippen LogP contribution >= 0.6 is 0 Å². The normalized spacial score (nSPS) is 22.0. The van der Waals surface area contributed by atoms with Crippen molar-refractivity contribution < 1.29 is 71.6 Å². The first-order chi connectivity index (χ1) is 51.6. The summed E-state index contributed by atoms with van der Waals surface area (Å²) in [6.07, 6.45) is 15.1. The molecule has 6 aliphatic rings. The highest BCUT2D eigenvalue weighted by Crippen LogP contribution is 2.45. The first kappa shape index (κ1) is 81.1. The van der Waals surface area contributed by atoms with Crippen molar-refractivity contribution in [2.45, 2.75) is 204 Å². The number of carbonyl (C=O) groups is 9. The lowest BCUT2D eigenvalue weighted by atomic mass is 9.75. The van der Waals surface area contributed by atoms with Crippen molar-refractivity contribution in [1.82, 2.24) is 14.7 Å². The molecule has 10 atom stereocenters. The summed E-state index contributed by atoms with van der Waals surface area (Å²) in [4.78, 5) is 118. The quantitative estimate of drug-likeness (QED) is 0.0154. The Hall–Kier alpha value is -9.45. The van der Waals surface area contributed by atoms with Crippen LogP contribution in [0.2, 0.25) is 0 Å². The van der Waals surface area contributed by atoms with Gasteiger partial charge in [-0.25, -0.2) is 14.4 Å². The number of carbonyl (C=O) groups excluding carboxylic acids is 9. The molecule has 0 bridgehead atoms. The van der Waals surface area contributed by atoms with Gasteiger partial charge in [0.15, 0.2) is 0 Å². The van der Waals surface area contributed by atoms with Gasteiger partial charge < -0.3 is 28.4 Å². The molecule has 0 spiro atoms. The molecule has 6 amide bonds. The highest BCUT2D eigenvalue weighted by atomic mass is 16.5. The lowest BCUT2D eigenvalue weighted by Gasteiger charge is -2.37. The summed E-state index contributed by atoms with van der Waals surface area (Å²) >= 11 is 0. The Morgan fingerprint density at radius 1 is 0.426 bits per heavy atom. The Balaban J connectivity index is 0.000000173. The molecule has 3 heterocycles. The molecule has 576 valence electrons. The van der Waals surface area contributed by atoms with Gasteiger partial charge >= 0.3 is 17.9 Å². The summed E-state index contributed by atoms with van der Waals surface area (Å²) in [5.74, 6) is 3.88. The van der Waals surface area contributed by atoms with Gasteiger partial charge in [0.05, 0.1) is 19.8 Å². The highest BCUT2D eigenvalue weighted by molar-refractivity contribution is 6.28. The van der Waals surface area contributed by atoms with Crippen LogP contribution in [0.5, 0.6) is 17.2 Å². The molecular weight excluding hydrogens is 1360 g/mol. The van der Waals surface area contributed by atoms with Gasteiger partial charge in [-0.3, -0.25) is 43.5 Å². The van der Waals surface area contributed by atoms with Gasteiger partial charge in [-0.2, -0.15) is 0 Å². The van der Waals surface area contributed by atoms with Crippen molar-refractivity contribution in [2.75, 3.05) is 32.8 Å². The topological polar surface area (TPSA) is 219 Å². The van der Waals surface area contributed by atoms with Crippen LogP contribution in [-0.4, -0.2) is 125 Å². The number of nitrogens with zero attached hydrogens (tertiary/aromatic N) is 3. The fourth-order valence-electron chi connectivity index (χ4n) is 16.7. The summed E-state index contributed by atoms with van der Waals surface area (Å²) in [5, 5.41) is 4.47. The predicted octanol–water partition coefficient (Wildman–Crippen LogP) is 18.5. The van der Waals surface area contributed by atoms with Crippen molar-refractivity contribution >= 4 is 85.7 Å². The Morgan fingerprint density at radius 2 is 0.750 bits per heavy atom. The van der Waals surface area contributed by atoms with E-state index < -0.39 is 35.8 Å². The second kappa shape index (κ2) is 36.2. The molecule has 3 aliphatic carbocycles. The minimum Gasteiger partial charge on any atom is -0.489 e. The first-order valence-electron chi connectivity index (χ1n) is 39.3. The number of imide groups is 3. The molecular formula is C90H111N3O15. The summed E-state index contributed by atoms with van der Waals surface area (Å²) in [5.41, 5.74) is 3.74. The van der Waals surface area contributed by atoms with Gasteiger partial charge in [-0.15, -0.1) is 0 Å². The minimum absolute atomic E-state index is 0.0270. The number of ether oxygens (including phenoxy) is 6. The molecule has 3 fully saturated rings. The third-order valence-corrected chi connectivity index (χ3v) is 22.7. The van der Waals surface area contributed by atoms with Crippen LogP contribution in [0.25, 0.3) is 32.3 Å². The minimum atomic E-state index is -0.656. The van der Waals surface area contributed by atoms with E-state index in [1.807, 2.05) is 66.7 Å². The molecule has 18 heteroatoms.